The number of carboxylic acid groups (broad SMARTS) is 1. The van der Waals surface area contributed by atoms with Crippen LogP contribution in [-0.2, 0) is 27.7 Å². The minimum Gasteiger partial charge on any atom is -0.481 e. The molecule has 0 atom stereocenters. The first-order valence-corrected chi connectivity index (χ1v) is 8.49. The van der Waals surface area contributed by atoms with Gasteiger partial charge in [-0.3, -0.25) is 14.5 Å². The lowest BCUT2D eigenvalue weighted by molar-refractivity contribution is -0.136. The van der Waals surface area contributed by atoms with Gasteiger partial charge >= 0.3 is 5.97 Å². The van der Waals surface area contributed by atoms with E-state index in [1.165, 1.54) is 29.7 Å². The Morgan fingerprint density at radius 1 is 1.33 bits per heavy atom. The fraction of sp³-hybridized carbons (Fsp3) is 0.231. The highest BCUT2D eigenvalue weighted by Gasteiger charge is 2.17. The molecule has 0 aliphatic carbocycles. The zero-order valence-corrected chi connectivity index (χ0v) is 12.9. The lowest BCUT2D eigenvalue weighted by atomic mass is 10.3. The van der Waals surface area contributed by atoms with Gasteiger partial charge in [-0.25, -0.2) is 8.42 Å². The van der Waals surface area contributed by atoms with E-state index >= 15 is 0 Å². The molecule has 112 valence electrons. The number of aliphatic carboxylic acids is 1. The van der Waals surface area contributed by atoms with Gasteiger partial charge in [0.1, 0.15) is 4.21 Å². The zero-order chi connectivity index (χ0) is 15.5. The maximum atomic E-state index is 12.2. The first-order chi connectivity index (χ1) is 9.90. The van der Waals surface area contributed by atoms with E-state index in [0.29, 0.717) is 11.4 Å². The molecule has 8 heteroatoms. The molecule has 2 aromatic rings. The molecule has 0 radical (unpaired) electrons. The average molecular weight is 326 g/mol. The van der Waals surface area contributed by atoms with Crippen LogP contribution in [0.3, 0.4) is 0 Å². The van der Waals surface area contributed by atoms with Gasteiger partial charge in [0.15, 0.2) is 0 Å². The Hall–Kier alpha value is -1.93. The standard InChI is InChI=1S/C13H14N2O4S2/c1-2-11-5-6-13(20-11)21(18,19)15-10-4-3-9(14-8-10)7-12(16)17/h3-6,8,15H,2,7H2,1H3,(H,16,17). The second-order valence-electron chi connectivity index (χ2n) is 4.29. The van der Waals surface area contributed by atoms with E-state index < -0.39 is 16.0 Å². The van der Waals surface area contributed by atoms with Crippen LogP contribution in [0.25, 0.3) is 0 Å². The Labute approximate surface area is 126 Å². The smallest absolute Gasteiger partial charge is 0.309 e. The molecule has 21 heavy (non-hydrogen) atoms. The van der Waals surface area contributed by atoms with Crippen molar-refractivity contribution in [2.75, 3.05) is 4.72 Å². The summed E-state index contributed by atoms with van der Waals surface area (Å²) in [5, 5.41) is 8.65. The molecule has 0 saturated carbocycles. The van der Waals surface area contributed by atoms with Crippen LogP contribution in [0.5, 0.6) is 0 Å². The zero-order valence-electron chi connectivity index (χ0n) is 11.2. The largest absolute Gasteiger partial charge is 0.481 e. The monoisotopic (exact) mass is 326 g/mol. The Bertz CT molecular complexity index is 736. The van der Waals surface area contributed by atoms with E-state index in [2.05, 4.69) is 9.71 Å². The molecule has 2 rings (SSSR count). The average Bonchev–Trinajstić information content (AvgIpc) is 2.90. The third-order valence-corrected chi connectivity index (χ3v) is 5.76. The van der Waals surface area contributed by atoms with Gasteiger partial charge in [-0.1, -0.05) is 6.92 Å². The van der Waals surface area contributed by atoms with E-state index in [4.69, 9.17) is 5.11 Å². The summed E-state index contributed by atoms with van der Waals surface area (Å²) < 4.78 is 27.0. The fourth-order valence-electron chi connectivity index (χ4n) is 1.64. The molecule has 0 spiro atoms. The Morgan fingerprint density at radius 2 is 2.10 bits per heavy atom. The number of pyridine rings is 1. The number of carbonyl (C=O) groups is 1. The van der Waals surface area contributed by atoms with Crippen LogP contribution in [0.2, 0.25) is 0 Å². The van der Waals surface area contributed by atoms with Crippen LogP contribution >= 0.6 is 11.3 Å². The van der Waals surface area contributed by atoms with Crippen molar-refractivity contribution in [2.45, 2.75) is 24.0 Å². The van der Waals surface area contributed by atoms with Crippen molar-refractivity contribution in [2.24, 2.45) is 0 Å². The number of aromatic nitrogens is 1. The topological polar surface area (TPSA) is 96.4 Å². The summed E-state index contributed by atoms with van der Waals surface area (Å²) in [6.07, 6.45) is 1.90. The number of sulfonamides is 1. The molecule has 2 N–H and O–H groups in total. The number of nitrogens with one attached hydrogen (secondary N) is 1. The third kappa shape index (κ3) is 4.02. The summed E-state index contributed by atoms with van der Waals surface area (Å²) in [6.45, 7) is 1.96. The Morgan fingerprint density at radius 3 is 2.62 bits per heavy atom. The summed E-state index contributed by atoms with van der Waals surface area (Å²) in [4.78, 5) is 15.5. The van der Waals surface area contributed by atoms with Crippen LogP contribution in [0, 0.1) is 0 Å². The van der Waals surface area contributed by atoms with Gasteiger partial charge < -0.3 is 5.11 Å². The first kappa shape index (κ1) is 15.5. The summed E-state index contributed by atoms with van der Waals surface area (Å²) in [5.74, 6) is -0.985. The molecular formula is C13H14N2O4S2. The van der Waals surface area contributed by atoms with Crippen LogP contribution in [0.4, 0.5) is 5.69 Å². The van der Waals surface area contributed by atoms with Crippen LogP contribution in [-0.4, -0.2) is 24.5 Å². The van der Waals surface area contributed by atoms with Crippen LogP contribution in [0.1, 0.15) is 17.5 Å². The van der Waals surface area contributed by atoms with Crippen molar-refractivity contribution in [3.05, 3.63) is 41.0 Å². The Balaban J connectivity index is 2.14. The van der Waals surface area contributed by atoms with Crippen LogP contribution < -0.4 is 4.72 Å². The minimum atomic E-state index is -3.63. The number of thiophene rings is 1. The Kier molecular flexibility index (Phi) is 4.59. The quantitative estimate of drug-likeness (QED) is 0.847. The molecule has 6 nitrogen and oxygen atoms in total. The normalized spacial score (nSPS) is 11.3. The predicted molar refractivity (Wildman–Crippen MR) is 80.1 cm³/mol. The second-order valence-corrected chi connectivity index (χ2v) is 7.37. The van der Waals surface area contributed by atoms with E-state index in [1.54, 1.807) is 12.1 Å². The molecule has 0 bridgehead atoms. The molecule has 0 saturated heterocycles. The summed E-state index contributed by atoms with van der Waals surface area (Å²) in [7, 11) is -3.63. The van der Waals surface area contributed by atoms with Crippen molar-refractivity contribution in [1.29, 1.82) is 0 Å². The van der Waals surface area contributed by atoms with Crippen LogP contribution in [0.15, 0.2) is 34.7 Å². The van der Waals surface area contributed by atoms with Crippen molar-refractivity contribution in [1.82, 2.24) is 4.98 Å². The lowest BCUT2D eigenvalue weighted by Gasteiger charge is -2.06. The number of hydrogen-bond acceptors (Lipinski definition) is 5. The van der Waals surface area contributed by atoms with Gasteiger partial charge in [-0.05, 0) is 30.7 Å². The number of rotatable bonds is 6. The number of carboxylic acids is 1. The molecular weight excluding hydrogens is 312 g/mol. The van der Waals surface area contributed by atoms with E-state index in [9.17, 15) is 13.2 Å². The fourth-order valence-corrected chi connectivity index (χ4v) is 3.98. The minimum absolute atomic E-state index is 0.197. The SMILES string of the molecule is CCc1ccc(S(=O)(=O)Nc2ccc(CC(=O)O)nc2)s1. The number of nitrogens with zero attached hydrogens (tertiary/aromatic N) is 1. The highest BCUT2D eigenvalue weighted by molar-refractivity contribution is 7.94. The van der Waals surface area contributed by atoms with Crippen molar-refractivity contribution in [3.63, 3.8) is 0 Å². The molecule has 0 aromatic carbocycles. The van der Waals surface area contributed by atoms with Gasteiger partial charge in [0.25, 0.3) is 10.0 Å². The van der Waals surface area contributed by atoms with E-state index in [-0.39, 0.29) is 10.6 Å². The molecule has 2 aromatic heterocycles. The summed E-state index contributed by atoms with van der Waals surface area (Å²) >= 11 is 1.22. The van der Waals surface area contributed by atoms with Crippen molar-refractivity contribution < 1.29 is 18.3 Å². The molecule has 0 aliphatic heterocycles. The van der Waals surface area contributed by atoms with Crippen molar-refractivity contribution >= 4 is 33.0 Å². The maximum absolute atomic E-state index is 12.2. The number of aryl methyl sites for hydroxylation is 1. The second kappa shape index (κ2) is 6.23. The van der Waals surface area contributed by atoms with Gasteiger partial charge in [0.05, 0.1) is 24.0 Å². The molecule has 0 aliphatic rings. The van der Waals surface area contributed by atoms with Gasteiger partial charge in [0, 0.05) is 4.88 Å². The molecule has 0 fully saturated rings. The lowest BCUT2D eigenvalue weighted by Crippen LogP contribution is -2.12. The molecule has 0 amide bonds. The highest BCUT2D eigenvalue weighted by atomic mass is 32.2. The van der Waals surface area contributed by atoms with Gasteiger partial charge in [-0.2, -0.15) is 0 Å². The van der Waals surface area contributed by atoms with E-state index in [1.807, 2.05) is 6.92 Å². The summed E-state index contributed by atoms with van der Waals surface area (Å²) in [5.41, 5.74) is 0.672. The highest BCUT2D eigenvalue weighted by Crippen LogP contribution is 2.24. The van der Waals surface area contributed by atoms with E-state index in [0.717, 1.165) is 11.3 Å². The van der Waals surface area contributed by atoms with Gasteiger partial charge in [-0.15, -0.1) is 11.3 Å². The number of anilines is 1. The van der Waals surface area contributed by atoms with Gasteiger partial charge in [0.2, 0.25) is 0 Å². The maximum Gasteiger partial charge on any atom is 0.309 e. The van der Waals surface area contributed by atoms with Crippen molar-refractivity contribution in [3.8, 4) is 0 Å². The first-order valence-electron chi connectivity index (χ1n) is 6.19. The molecule has 0 unspecified atom stereocenters. The summed E-state index contributed by atoms with van der Waals surface area (Å²) in [6, 6.07) is 6.33. The number of hydrogen-bond donors (Lipinski definition) is 2. The third-order valence-electron chi connectivity index (χ3n) is 2.66. The molecule has 2 heterocycles. The predicted octanol–water partition coefficient (Wildman–Crippen LogP) is 2.13.